The maximum Gasteiger partial charge on any atom is 0.191 e. The van der Waals surface area contributed by atoms with Crippen LogP contribution in [-0.2, 0) is 22.6 Å². The lowest BCUT2D eigenvalue weighted by atomic mass is 10.1. The molecule has 164 valence electrons. The topological polar surface area (TPSA) is 61.4 Å². The summed E-state index contributed by atoms with van der Waals surface area (Å²) in [4.78, 5) is 9.52. The minimum absolute atomic E-state index is 0.677. The monoisotopic (exact) mass is 405 g/mol. The Kier molecular flexibility index (Phi) is 11.7. The van der Waals surface area contributed by atoms with Gasteiger partial charge < -0.3 is 25.0 Å². The van der Waals surface area contributed by atoms with E-state index in [9.17, 15) is 0 Å². The predicted octanol–water partition coefficient (Wildman–Crippen LogP) is 1.54. The third kappa shape index (κ3) is 10.1. The molecule has 0 radical (unpaired) electrons. The van der Waals surface area contributed by atoms with E-state index in [4.69, 9.17) is 14.5 Å². The number of aliphatic imine (C=N–C) groups is 1. The van der Waals surface area contributed by atoms with Crippen molar-refractivity contribution in [2.45, 2.75) is 26.4 Å². The highest BCUT2D eigenvalue weighted by Crippen LogP contribution is 2.10. The Morgan fingerprint density at radius 1 is 1.21 bits per heavy atom. The molecular formula is C22H39N5O2. The molecule has 1 aromatic rings. The van der Waals surface area contributed by atoms with Crippen molar-refractivity contribution in [1.29, 1.82) is 0 Å². The first kappa shape index (κ1) is 23.6. The number of nitrogens with one attached hydrogen (secondary N) is 2. The van der Waals surface area contributed by atoms with Gasteiger partial charge in [0.25, 0.3) is 0 Å². The van der Waals surface area contributed by atoms with Gasteiger partial charge in [-0.1, -0.05) is 24.3 Å². The molecule has 7 heteroatoms. The largest absolute Gasteiger partial charge is 0.385 e. The van der Waals surface area contributed by atoms with Gasteiger partial charge in [0.15, 0.2) is 5.96 Å². The number of ether oxygens (including phenoxy) is 2. The second-order valence-corrected chi connectivity index (χ2v) is 7.48. The zero-order chi connectivity index (χ0) is 20.7. The number of guanidine groups is 1. The molecule has 1 saturated heterocycles. The normalized spacial score (nSPS) is 15.7. The molecule has 2 rings (SSSR count). The van der Waals surface area contributed by atoms with Crippen molar-refractivity contribution >= 4 is 5.96 Å². The molecular weight excluding hydrogens is 366 g/mol. The first-order chi connectivity index (χ1) is 14.2. The van der Waals surface area contributed by atoms with Crippen molar-refractivity contribution in [3.05, 3.63) is 35.4 Å². The van der Waals surface area contributed by atoms with Crippen LogP contribution in [0.3, 0.4) is 0 Å². The molecule has 1 aromatic carbocycles. The van der Waals surface area contributed by atoms with E-state index in [1.807, 2.05) is 0 Å². The summed E-state index contributed by atoms with van der Waals surface area (Å²) in [5.41, 5.74) is 2.58. The van der Waals surface area contributed by atoms with Crippen molar-refractivity contribution in [2.75, 3.05) is 73.2 Å². The molecule has 0 atom stereocenters. The molecule has 7 nitrogen and oxygen atoms in total. The Morgan fingerprint density at radius 2 is 2.00 bits per heavy atom. The van der Waals surface area contributed by atoms with E-state index in [0.717, 1.165) is 78.0 Å². The summed E-state index contributed by atoms with van der Waals surface area (Å²) in [5.74, 6) is 0.872. The minimum Gasteiger partial charge on any atom is -0.385 e. The lowest BCUT2D eigenvalue weighted by Crippen LogP contribution is -2.41. The fourth-order valence-electron chi connectivity index (χ4n) is 3.31. The average Bonchev–Trinajstić information content (AvgIpc) is 2.73. The summed E-state index contributed by atoms with van der Waals surface area (Å²) in [6.45, 7) is 12.0. The van der Waals surface area contributed by atoms with E-state index in [1.54, 1.807) is 7.11 Å². The van der Waals surface area contributed by atoms with Gasteiger partial charge in [-0.3, -0.25) is 4.90 Å². The van der Waals surface area contributed by atoms with Crippen LogP contribution in [0.5, 0.6) is 0 Å². The lowest BCUT2D eigenvalue weighted by molar-refractivity contribution is 0.0342. The Morgan fingerprint density at radius 3 is 2.76 bits per heavy atom. The van der Waals surface area contributed by atoms with Gasteiger partial charge in [-0.15, -0.1) is 0 Å². The third-order valence-electron chi connectivity index (χ3n) is 4.94. The minimum atomic E-state index is 0.677. The molecule has 2 N–H and O–H groups in total. The van der Waals surface area contributed by atoms with E-state index in [1.165, 1.54) is 11.1 Å². The predicted molar refractivity (Wildman–Crippen MR) is 119 cm³/mol. The Labute approximate surface area is 176 Å². The van der Waals surface area contributed by atoms with Crippen molar-refractivity contribution in [3.8, 4) is 0 Å². The van der Waals surface area contributed by atoms with Gasteiger partial charge in [0, 0.05) is 59.5 Å². The Bertz CT molecular complexity index is 590. The molecule has 1 aliphatic heterocycles. The van der Waals surface area contributed by atoms with Crippen LogP contribution in [-0.4, -0.2) is 89.0 Å². The standard InChI is InChI=1S/C22H39N5O2/c1-4-23-22(24-9-11-26(2)10-6-14-28-3)25-18-20-7-5-8-21(17-20)19-27-12-15-29-16-13-27/h5,7-8,17H,4,6,9-16,18-19H2,1-3H3,(H2,23,24,25). The highest BCUT2D eigenvalue weighted by Gasteiger charge is 2.10. The first-order valence-electron chi connectivity index (χ1n) is 10.8. The smallest absolute Gasteiger partial charge is 0.191 e. The summed E-state index contributed by atoms with van der Waals surface area (Å²) in [6, 6.07) is 8.76. The molecule has 0 aromatic heterocycles. The number of morpholine rings is 1. The van der Waals surface area contributed by atoms with E-state index < -0.39 is 0 Å². The van der Waals surface area contributed by atoms with Gasteiger partial charge in [0.2, 0.25) is 0 Å². The number of likely N-dealkylation sites (N-methyl/N-ethyl adjacent to an activating group) is 1. The second kappa shape index (κ2) is 14.3. The van der Waals surface area contributed by atoms with Crippen LogP contribution in [0.15, 0.2) is 29.3 Å². The summed E-state index contributed by atoms with van der Waals surface area (Å²) in [7, 11) is 3.89. The molecule has 0 bridgehead atoms. The Hall–Kier alpha value is -1.67. The number of benzene rings is 1. The zero-order valence-corrected chi connectivity index (χ0v) is 18.5. The first-order valence-corrected chi connectivity index (χ1v) is 10.8. The van der Waals surface area contributed by atoms with E-state index >= 15 is 0 Å². The molecule has 0 unspecified atom stereocenters. The number of hydrogen-bond donors (Lipinski definition) is 2. The lowest BCUT2D eigenvalue weighted by Gasteiger charge is -2.26. The van der Waals surface area contributed by atoms with Crippen molar-refractivity contribution in [3.63, 3.8) is 0 Å². The van der Waals surface area contributed by atoms with Crippen LogP contribution in [0.4, 0.5) is 0 Å². The molecule has 0 saturated carbocycles. The number of methoxy groups -OCH3 is 1. The van der Waals surface area contributed by atoms with Crippen LogP contribution in [0.1, 0.15) is 24.5 Å². The maximum absolute atomic E-state index is 5.44. The van der Waals surface area contributed by atoms with Crippen molar-refractivity contribution < 1.29 is 9.47 Å². The molecule has 0 spiro atoms. The van der Waals surface area contributed by atoms with Crippen LogP contribution >= 0.6 is 0 Å². The zero-order valence-electron chi connectivity index (χ0n) is 18.5. The summed E-state index contributed by atoms with van der Waals surface area (Å²) in [6.07, 6.45) is 1.06. The second-order valence-electron chi connectivity index (χ2n) is 7.48. The summed E-state index contributed by atoms with van der Waals surface area (Å²) < 4.78 is 10.6. The van der Waals surface area contributed by atoms with Crippen molar-refractivity contribution in [1.82, 2.24) is 20.4 Å². The highest BCUT2D eigenvalue weighted by atomic mass is 16.5. The van der Waals surface area contributed by atoms with E-state index in [2.05, 4.69) is 58.7 Å². The van der Waals surface area contributed by atoms with Gasteiger partial charge in [0.1, 0.15) is 0 Å². The molecule has 1 fully saturated rings. The van der Waals surface area contributed by atoms with Gasteiger partial charge in [0.05, 0.1) is 19.8 Å². The third-order valence-corrected chi connectivity index (χ3v) is 4.94. The van der Waals surface area contributed by atoms with Crippen LogP contribution in [0, 0.1) is 0 Å². The Balaban J connectivity index is 1.80. The fraction of sp³-hybridized carbons (Fsp3) is 0.682. The quantitative estimate of drug-likeness (QED) is 0.313. The van der Waals surface area contributed by atoms with Gasteiger partial charge in [-0.25, -0.2) is 4.99 Å². The average molecular weight is 406 g/mol. The van der Waals surface area contributed by atoms with Gasteiger partial charge in [-0.05, 0) is 31.5 Å². The number of hydrogen-bond acceptors (Lipinski definition) is 5. The van der Waals surface area contributed by atoms with E-state index in [0.29, 0.717) is 6.54 Å². The van der Waals surface area contributed by atoms with Gasteiger partial charge >= 0.3 is 0 Å². The van der Waals surface area contributed by atoms with E-state index in [-0.39, 0.29) is 0 Å². The van der Waals surface area contributed by atoms with Crippen LogP contribution in [0.25, 0.3) is 0 Å². The van der Waals surface area contributed by atoms with Crippen LogP contribution in [0.2, 0.25) is 0 Å². The molecule has 1 heterocycles. The van der Waals surface area contributed by atoms with Crippen LogP contribution < -0.4 is 10.6 Å². The fourth-order valence-corrected chi connectivity index (χ4v) is 3.31. The molecule has 0 aliphatic carbocycles. The highest BCUT2D eigenvalue weighted by molar-refractivity contribution is 5.79. The van der Waals surface area contributed by atoms with Gasteiger partial charge in [-0.2, -0.15) is 0 Å². The SMILES string of the molecule is CCNC(=NCc1cccc(CN2CCOCC2)c1)NCCN(C)CCCOC. The summed E-state index contributed by atoms with van der Waals surface area (Å²) >= 11 is 0. The molecule has 1 aliphatic rings. The number of rotatable bonds is 12. The summed E-state index contributed by atoms with van der Waals surface area (Å²) in [5, 5.41) is 6.77. The van der Waals surface area contributed by atoms with Crippen molar-refractivity contribution in [2.24, 2.45) is 4.99 Å². The number of nitrogens with zero attached hydrogens (tertiary/aromatic N) is 3. The molecule has 29 heavy (non-hydrogen) atoms. The molecule has 0 amide bonds. The maximum atomic E-state index is 5.44.